The Hall–Kier alpha value is -0.790. The van der Waals surface area contributed by atoms with Gasteiger partial charge in [0.1, 0.15) is 12.4 Å². The quantitative estimate of drug-likeness (QED) is 0.0584. The fraction of sp³-hybridized carbons (Fsp3) is 0.923. The lowest BCUT2D eigenvalue weighted by molar-refractivity contribution is -0.704. The predicted molar refractivity (Wildman–Crippen MR) is 184 cm³/mol. The van der Waals surface area contributed by atoms with E-state index < -0.39 is 0 Å². The molecule has 242 valence electrons. The van der Waals surface area contributed by atoms with Crippen molar-refractivity contribution in [2.45, 2.75) is 233 Å². The smallest absolute Gasteiger partial charge is 0.234 e. The summed E-state index contributed by atoms with van der Waals surface area (Å²) in [6.07, 6.45) is 48.9. The Morgan fingerprint density at radius 1 is 0.415 bits per heavy atom. The Labute approximate surface area is 259 Å². The molecule has 2 heteroatoms. The van der Waals surface area contributed by atoms with Crippen molar-refractivity contribution in [2.75, 3.05) is 0 Å². The highest BCUT2D eigenvalue weighted by molar-refractivity contribution is 4.84. The van der Waals surface area contributed by atoms with Crippen molar-refractivity contribution in [1.82, 2.24) is 4.57 Å². The molecule has 0 aromatic carbocycles. The maximum absolute atomic E-state index is 2.62. The van der Waals surface area contributed by atoms with E-state index in [0.717, 1.165) is 0 Å². The summed E-state index contributed by atoms with van der Waals surface area (Å²) in [5.41, 5.74) is 0. The van der Waals surface area contributed by atoms with Crippen LogP contribution in [0.2, 0.25) is 0 Å². The highest BCUT2D eigenvalue weighted by Gasteiger charge is 2.16. The van der Waals surface area contributed by atoms with Gasteiger partial charge in [-0.25, -0.2) is 9.13 Å². The van der Waals surface area contributed by atoms with Gasteiger partial charge in [-0.1, -0.05) is 181 Å². The van der Waals surface area contributed by atoms with Crippen molar-refractivity contribution in [1.29, 1.82) is 0 Å². The van der Waals surface area contributed by atoms with Gasteiger partial charge in [-0.15, -0.1) is 0 Å². The summed E-state index contributed by atoms with van der Waals surface area (Å²) in [6.45, 7) is 9.39. The third-order valence-corrected chi connectivity index (χ3v) is 9.35. The Kier molecular flexibility index (Phi) is 28.6. The van der Waals surface area contributed by atoms with Crippen molar-refractivity contribution < 1.29 is 4.57 Å². The van der Waals surface area contributed by atoms with Crippen LogP contribution in [0.5, 0.6) is 0 Å². The molecule has 0 spiro atoms. The van der Waals surface area contributed by atoms with Crippen LogP contribution in [0.25, 0.3) is 0 Å². The van der Waals surface area contributed by atoms with E-state index in [1.165, 1.54) is 212 Å². The van der Waals surface area contributed by atoms with Crippen molar-refractivity contribution in [3.05, 3.63) is 18.2 Å². The lowest BCUT2D eigenvalue weighted by Crippen LogP contribution is -2.37. The Morgan fingerprint density at radius 3 is 1.17 bits per heavy atom. The van der Waals surface area contributed by atoms with E-state index in [4.69, 9.17) is 0 Å². The second-order valence-electron chi connectivity index (χ2n) is 13.4. The molecule has 41 heavy (non-hydrogen) atoms. The zero-order valence-electron chi connectivity index (χ0n) is 28.9. The average molecular weight is 574 g/mol. The van der Waals surface area contributed by atoms with Gasteiger partial charge in [0.25, 0.3) is 5.82 Å². The van der Waals surface area contributed by atoms with Gasteiger partial charge in [0.15, 0.2) is 0 Å². The molecule has 1 aromatic rings. The van der Waals surface area contributed by atoms with Gasteiger partial charge in [-0.3, -0.25) is 0 Å². The Bertz CT molecular complexity index is 634. The molecule has 0 unspecified atom stereocenters. The first-order valence-electron chi connectivity index (χ1n) is 19.4. The number of rotatable bonds is 33. The Balaban J connectivity index is 2.18. The molecule has 0 aliphatic heterocycles. The SMILES string of the molecule is CCCCCCCCCCCCCCCCCn1cc[n+](CCCCCC)c1CCCCCCCCCCCCC. The van der Waals surface area contributed by atoms with E-state index in [1.807, 2.05) is 0 Å². The number of unbranched alkanes of at least 4 members (excludes halogenated alkanes) is 27. The van der Waals surface area contributed by atoms with Crippen LogP contribution < -0.4 is 4.57 Å². The second-order valence-corrected chi connectivity index (χ2v) is 13.4. The van der Waals surface area contributed by atoms with Gasteiger partial charge in [-0.2, -0.15) is 0 Å². The van der Waals surface area contributed by atoms with Gasteiger partial charge in [0.05, 0.1) is 13.1 Å². The largest absolute Gasteiger partial charge is 0.256 e. The summed E-state index contributed by atoms with van der Waals surface area (Å²) in [4.78, 5) is 0. The number of hydrogen-bond acceptors (Lipinski definition) is 0. The van der Waals surface area contributed by atoms with Crippen LogP contribution in [0.1, 0.15) is 219 Å². The number of aromatic nitrogens is 2. The molecule has 0 bridgehead atoms. The first-order chi connectivity index (χ1) is 20.3. The van der Waals surface area contributed by atoms with E-state index in [1.54, 1.807) is 5.82 Å². The molecule has 1 heterocycles. The molecule has 0 saturated carbocycles. The molecule has 1 rings (SSSR count). The van der Waals surface area contributed by atoms with E-state index in [0.29, 0.717) is 0 Å². The summed E-state index contributed by atoms with van der Waals surface area (Å²) in [5, 5.41) is 0. The summed E-state index contributed by atoms with van der Waals surface area (Å²) < 4.78 is 5.23. The van der Waals surface area contributed by atoms with Crippen molar-refractivity contribution in [3.8, 4) is 0 Å². The number of imidazole rings is 1. The second kappa shape index (κ2) is 30.7. The van der Waals surface area contributed by atoms with Crippen LogP contribution in [-0.4, -0.2) is 4.57 Å². The first-order valence-corrected chi connectivity index (χ1v) is 19.4. The minimum Gasteiger partial charge on any atom is -0.234 e. The molecular weight excluding hydrogens is 496 g/mol. The molecule has 0 fully saturated rings. The standard InChI is InChI=1S/C39H77N2/c1-4-7-10-13-15-17-19-20-21-22-24-26-28-30-33-36-41-38-37-40(35-32-12-9-6-3)39(41)34-31-29-27-25-23-18-16-14-11-8-5-2/h37-38H,4-36H2,1-3H3/q+1. The number of nitrogens with zero attached hydrogens (tertiary/aromatic N) is 2. The van der Waals surface area contributed by atoms with E-state index in [9.17, 15) is 0 Å². The molecule has 0 amide bonds. The molecule has 0 N–H and O–H groups in total. The molecular formula is C39H77N2+. The van der Waals surface area contributed by atoms with Gasteiger partial charge < -0.3 is 0 Å². The summed E-state index contributed by atoms with van der Waals surface area (Å²) >= 11 is 0. The minimum absolute atomic E-state index is 1.22. The highest BCUT2D eigenvalue weighted by atomic mass is 15.1. The zero-order chi connectivity index (χ0) is 29.5. The normalized spacial score (nSPS) is 11.6. The Morgan fingerprint density at radius 2 is 0.756 bits per heavy atom. The van der Waals surface area contributed by atoms with Crippen molar-refractivity contribution in [3.63, 3.8) is 0 Å². The highest BCUT2D eigenvalue weighted by Crippen LogP contribution is 2.15. The van der Waals surface area contributed by atoms with Gasteiger partial charge in [0.2, 0.25) is 0 Å². The lowest BCUT2D eigenvalue weighted by Gasteiger charge is -2.07. The zero-order valence-corrected chi connectivity index (χ0v) is 28.9. The maximum atomic E-state index is 2.62. The van der Waals surface area contributed by atoms with Crippen LogP contribution in [0.15, 0.2) is 12.4 Å². The van der Waals surface area contributed by atoms with Gasteiger partial charge >= 0.3 is 0 Å². The molecule has 1 aromatic heterocycles. The maximum Gasteiger partial charge on any atom is 0.256 e. The van der Waals surface area contributed by atoms with Crippen LogP contribution in [-0.2, 0) is 19.5 Å². The van der Waals surface area contributed by atoms with E-state index in [-0.39, 0.29) is 0 Å². The number of aryl methyl sites for hydroxylation is 2. The fourth-order valence-electron chi connectivity index (χ4n) is 6.50. The molecule has 0 atom stereocenters. The lowest BCUT2D eigenvalue weighted by atomic mass is 10.0. The molecule has 0 radical (unpaired) electrons. The predicted octanol–water partition coefficient (Wildman–Crippen LogP) is 13.1. The van der Waals surface area contributed by atoms with E-state index >= 15 is 0 Å². The van der Waals surface area contributed by atoms with Crippen molar-refractivity contribution >= 4 is 0 Å². The molecule has 0 aliphatic carbocycles. The average Bonchev–Trinajstić information content (AvgIpc) is 3.37. The van der Waals surface area contributed by atoms with Crippen molar-refractivity contribution in [2.24, 2.45) is 0 Å². The van der Waals surface area contributed by atoms with Crippen LogP contribution in [0.3, 0.4) is 0 Å². The first kappa shape index (κ1) is 38.2. The molecule has 0 saturated heterocycles. The van der Waals surface area contributed by atoms with E-state index in [2.05, 4.69) is 42.3 Å². The topological polar surface area (TPSA) is 8.81 Å². The summed E-state index contributed by atoms with van der Waals surface area (Å²) in [5.74, 6) is 1.61. The fourth-order valence-corrected chi connectivity index (χ4v) is 6.50. The summed E-state index contributed by atoms with van der Waals surface area (Å²) in [7, 11) is 0. The third kappa shape index (κ3) is 23.4. The molecule has 0 aliphatic rings. The summed E-state index contributed by atoms with van der Waals surface area (Å²) in [6, 6.07) is 0. The van der Waals surface area contributed by atoms with Gasteiger partial charge in [-0.05, 0) is 32.1 Å². The monoisotopic (exact) mass is 574 g/mol. The third-order valence-electron chi connectivity index (χ3n) is 9.35. The van der Waals surface area contributed by atoms with Crippen LogP contribution >= 0.6 is 0 Å². The van der Waals surface area contributed by atoms with Gasteiger partial charge in [0, 0.05) is 6.42 Å². The number of hydrogen-bond donors (Lipinski definition) is 0. The molecule has 2 nitrogen and oxygen atoms in total. The van der Waals surface area contributed by atoms with Crippen LogP contribution in [0, 0.1) is 0 Å². The minimum atomic E-state index is 1.22. The van der Waals surface area contributed by atoms with Crippen LogP contribution in [0.4, 0.5) is 0 Å².